The molecule has 0 saturated carbocycles. The molecule has 4 heteroatoms. The third-order valence-corrected chi connectivity index (χ3v) is 3.72. The highest BCUT2D eigenvalue weighted by Gasteiger charge is 2.10. The zero-order valence-electron chi connectivity index (χ0n) is 10.5. The number of nitrogens with zero attached hydrogens (tertiary/aromatic N) is 2. The Morgan fingerprint density at radius 2 is 1.61 bits per heavy atom. The SMILES string of the molecule is Cc1cc(C)cc(N(C)c2ncc(Br)cc2Br)c1. The number of benzene rings is 1. The maximum atomic E-state index is 4.45. The van der Waals surface area contributed by atoms with Crippen molar-refractivity contribution in [2.45, 2.75) is 13.8 Å². The Kier molecular flexibility index (Phi) is 4.07. The van der Waals surface area contributed by atoms with Gasteiger partial charge in [0.1, 0.15) is 5.82 Å². The van der Waals surface area contributed by atoms with Gasteiger partial charge in [-0.25, -0.2) is 4.98 Å². The highest BCUT2D eigenvalue weighted by molar-refractivity contribution is 9.11. The van der Waals surface area contributed by atoms with E-state index in [0.29, 0.717) is 0 Å². The molecule has 0 unspecified atom stereocenters. The van der Waals surface area contributed by atoms with Gasteiger partial charge in [-0.15, -0.1) is 0 Å². The maximum Gasteiger partial charge on any atom is 0.147 e. The smallest absolute Gasteiger partial charge is 0.147 e. The van der Waals surface area contributed by atoms with Gasteiger partial charge >= 0.3 is 0 Å². The molecule has 94 valence electrons. The summed E-state index contributed by atoms with van der Waals surface area (Å²) in [4.78, 5) is 6.53. The molecule has 18 heavy (non-hydrogen) atoms. The van der Waals surface area contributed by atoms with Crippen LogP contribution in [0.25, 0.3) is 0 Å². The lowest BCUT2D eigenvalue weighted by Crippen LogP contribution is -2.12. The van der Waals surface area contributed by atoms with Crippen molar-refractivity contribution in [1.82, 2.24) is 4.98 Å². The van der Waals surface area contributed by atoms with Crippen LogP contribution in [0.5, 0.6) is 0 Å². The molecule has 1 aromatic heterocycles. The lowest BCUT2D eigenvalue weighted by atomic mass is 10.1. The Morgan fingerprint density at radius 1 is 1.00 bits per heavy atom. The summed E-state index contributed by atoms with van der Waals surface area (Å²) in [7, 11) is 2.02. The van der Waals surface area contributed by atoms with Crippen LogP contribution in [0, 0.1) is 13.8 Å². The molecule has 2 rings (SSSR count). The predicted octanol–water partition coefficient (Wildman–Crippen LogP) is 4.99. The van der Waals surface area contributed by atoms with Crippen molar-refractivity contribution in [3.8, 4) is 0 Å². The van der Waals surface area contributed by atoms with Crippen molar-refractivity contribution < 1.29 is 0 Å². The number of anilines is 2. The van der Waals surface area contributed by atoms with E-state index >= 15 is 0 Å². The van der Waals surface area contributed by atoms with Gasteiger partial charge in [0.25, 0.3) is 0 Å². The number of pyridine rings is 1. The first-order valence-corrected chi connectivity index (χ1v) is 7.19. The lowest BCUT2D eigenvalue weighted by Gasteiger charge is -2.20. The lowest BCUT2D eigenvalue weighted by molar-refractivity contribution is 1.11. The normalized spacial score (nSPS) is 10.5. The van der Waals surface area contributed by atoms with E-state index in [9.17, 15) is 0 Å². The Balaban J connectivity index is 2.44. The van der Waals surface area contributed by atoms with Gasteiger partial charge in [0, 0.05) is 23.4 Å². The van der Waals surface area contributed by atoms with Crippen LogP contribution >= 0.6 is 31.9 Å². The Hall–Kier alpha value is -0.870. The van der Waals surface area contributed by atoms with Crippen LogP contribution < -0.4 is 4.90 Å². The molecular weight excluding hydrogens is 356 g/mol. The molecule has 0 bridgehead atoms. The minimum absolute atomic E-state index is 0.906. The van der Waals surface area contributed by atoms with Gasteiger partial charge in [0.2, 0.25) is 0 Å². The average molecular weight is 370 g/mol. The molecule has 0 spiro atoms. The molecule has 2 nitrogen and oxygen atoms in total. The topological polar surface area (TPSA) is 16.1 Å². The van der Waals surface area contributed by atoms with Gasteiger partial charge in [-0.3, -0.25) is 0 Å². The van der Waals surface area contributed by atoms with Gasteiger partial charge in [-0.2, -0.15) is 0 Å². The molecule has 0 radical (unpaired) electrons. The van der Waals surface area contributed by atoms with Gasteiger partial charge in [-0.1, -0.05) is 6.07 Å². The van der Waals surface area contributed by atoms with Crippen molar-refractivity contribution in [2.75, 3.05) is 11.9 Å². The summed E-state index contributed by atoms with van der Waals surface area (Å²) in [6, 6.07) is 8.48. The summed E-state index contributed by atoms with van der Waals surface area (Å²) in [5.41, 5.74) is 3.65. The van der Waals surface area contributed by atoms with Gasteiger partial charge in [-0.05, 0) is 75.0 Å². The third kappa shape index (κ3) is 2.93. The highest BCUT2D eigenvalue weighted by atomic mass is 79.9. The van der Waals surface area contributed by atoms with E-state index < -0.39 is 0 Å². The molecule has 0 fully saturated rings. The predicted molar refractivity (Wildman–Crippen MR) is 83.6 cm³/mol. The summed E-state index contributed by atoms with van der Waals surface area (Å²) in [6.45, 7) is 4.21. The van der Waals surface area contributed by atoms with E-state index in [1.165, 1.54) is 11.1 Å². The summed E-state index contributed by atoms with van der Waals surface area (Å²) >= 11 is 6.96. The standard InChI is InChI=1S/C14H14Br2N2/c1-9-4-10(2)6-12(5-9)18(3)14-13(16)7-11(15)8-17-14/h4-8H,1-3H3. The Morgan fingerprint density at radius 3 is 2.17 bits per heavy atom. The quantitative estimate of drug-likeness (QED) is 0.741. The van der Waals surface area contributed by atoms with Gasteiger partial charge < -0.3 is 4.90 Å². The average Bonchev–Trinajstić information content (AvgIpc) is 2.26. The molecule has 0 N–H and O–H groups in total. The van der Waals surface area contributed by atoms with E-state index in [1.54, 1.807) is 6.20 Å². The van der Waals surface area contributed by atoms with Crippen LogP contribution in [0.2, 0.25) is 0 Å². The number of rotatable bonds is 2. The maximum absolute atomic E-state index is 4.45. The second kappa shape index (κ2) is 5.41. The van der Waals surface area contributed by atoms with Crippen molar-refractivity contribution in [3.05, 3.63) is 50.5 Å². The van der Waals surface area contributed by atoms with E-state index in [-0.39, 0.29) is 0 Å². The number of halogens is 2. The summed E-state index contributed by atoms with van der Waals surface area (Å²) in [6.07, 6.45) is 1.80. The number of hydrogen-bond acceptors (Lipinski definition) is 2. The molecule has 0 atom stereocenters. The van der Waals surface area contributed by atoms with Crippen LogP contribution in [-0.4, -0.2) is 12.0 Å². The Bertz CT molecular complexity index is 562. The molecule has 2 aromatic rings. The highest BCUT2D eigenvalue weighted by Crippen LogP contribution is 2.31. The van der Waals surface area contributed by atoms with Crippen molar-refractivity contribution in [3.63, 3.8) is 0 Å². The molecule has 0 saturated heterocycles. The first kappa shape index (κ1) is 13.6. The van der Waals surface area contributed by atoms with Gasteiger partial charge in [0.05, 0.1) is 4.47 Å². The number of hydrogen-bond donors (Lipinski definition) is 0. The monoisotopic (exact) mass is 368 g/mol. The number of aryl methyl sites for hydroxylation is 2. The van der Waals surface area contributed by atoms with Crippen molar-refractivity contribution >= 4 is 43.4 Å². The molecule has 1 heterocycles. The van der Waals surface area contributed by atoms with E-state index in [0.717, 1.165) is 20.5 Å². The molecule has 0 aliphatic carbocycles. The zero-order chi connectivity index (χ0) is 13.3. The zero-order valence-corrected chi connectivity index (χ0v) is 13.7. The minimum Gasteiger partial charge on any atom is -0.329 e. The largest absolute Gasteiger partial charge is 0.329 e. The van der Waals surface area contributed by atoms with Gasteiger partial charge in [0.15, 0.2) is 0 Å². The second-order valence-electron chi connectivity index (χ2n) is 4.36. The van der Waals surface area contributed by atoms with Crippen molar-refractivity contribution in [2.24, 2.45) is 0 Å². The van der Waals surface area contributed by atoms with E-state index in [4.69, 9.17) is 0 Å². The third-order valence-electron chi connectivity index (χ3n) is 2.70. The van der Waals surface area contributed by atoms with E-state index in [1.807, 2.05) is 13.1 Å². The molecule has 1 aromatic carbocycles. The minimum atomic E-state index is 0.906. The fourth-order valence-corrected chi connectivity index (χ4v) is 3.17. The second-order valence-corrected chi connectivity index (χ2v) is 6.13. The number of aromatic nitrogens is 1. The molecular formula is C14H14Br2N2. The van der Waals surface area contributed by atoms with Crippen LogP contribution in [-0.2, 0) is 0 Å². The van der Waals surface area contributed by atoms with E-state index in [2.05, 4.69) is 73.8 Å². The Labute approximate surface area is 124 Å². The van der Waals surface area contributed by atoms with Crippen LogP contribution in [0.3, 0.4) is 0 Å². The fraction of sp³-hybridized carbons (Fsp3) is 0.214. The first-order chi connectivity index (χ1) is 8.47. The summed E-state index contributed by atoms with van der Waals surface area (Å²) < 4.78 is 1.94. The summed E-state index contributed by atoms with van der Waals surface area (Å²) in [5, 5.41) is 0. The van der Waals surface area contributed by atoms with Crippen molar-refractivity contribution in [1.29, 1.82) is 0 Å². The van der Waals surface area contributed by atoms with Crippen LogP contribution in [0.15, 0.2) is 39.4 Å². The van der Waals surface area contributed by atoms with Crippen LogP contribution in [0.4, 0.5) is 11.5 Å². The first-order valence-electron chi connectivity index (χ1n) is 5.60. The summed E-state index contributed by atoms with van der Waals surface area (Å²) in [5.74, 6) is 0.906. The molecule has 0 amide bonds. The fourth-order valence-electron chi connectivity index (χ4n) is 1.92. The molecule has 0 aliphatic heterocycles. The van der Waals surface area contributed by atoms with Crippen LogP contribution in [0.1, 0.15) is 11.1 Å². The molecule has 0 aliphatic rings.